The molecule has 1 aromatic heterocycles. The summed E-state index contributed by atoms with van der Waals surface area (Å²) in [6.45, 7) is 0.614. The summed E-state index contributed by atoms with van der Waals surface area (Å²) in [5.74, 6) is 2.73. The molecule has 0 bridgehead atoms. The quantitative estimate of drug-likeness (QED) is 0.196. The van der Waals surface area contributed by atoms with Crippen LogP contribution in [0.1, 0.15) is 49.5 Å². The number of rotatable bonds is 8. The van der Waals surface area contributed by atoms with E-state index in [2.05, 4.69) is 57.2 Å². The maximum Gasteiger partial charge on any atom is 0.191 e. The second kappa shape index (κ2) is 10.6. The molecule has 1 aliphatic rings. The minimum atomic E-state index is 0.485. The van der Waals surface area contributed by atoms with Crippen LogP contribution in [0, 0.1) is 0 Å². The van der Waals surface area contributed by atoms with Crippen LogP contribution in [-0.4, -0.2) is 27.1 Å². The SMILES string of the molecule is Clc1ccc(OCCSc2nnc(Cc3cccc4ccccc34)n2C2CCCCC2)cc1. The molecule has 1 saturated carbocycles. The Hall–Kier alpha value is -2.50. The van der Waals surface area contributed by atoms with Gasteiger partial charge in [-0.15, -0.1) is 10.2 Å². The lowest BCUT2D eigenvalue weighted by atomic mass is 9.95. The lowest BCUT2D eigenvalue weighted by Crippen LogP contribution is -2.17. The van der Waals surface area contributed by atoms with Crippen molar-refractivity contribution in [1.82, 2.24) is 14.8 Å². The van der Waals surface area contributed by atoms with Crippen molar-refractivity contribution in [3.63, 3.8) is 0 Å². The summed E-state index contributed by atoms with van der Waals surface area (Å²) in [4.78, 5) is 0. The largest absolute Gasteiger partial charge is 0.493 e. The lowest BCUT2D eigenvalue weighted by molar-refractivity contribution is 0.329. The highest BCUT2D eigenvalue weighted by Crippen LogP contribution is 2.34. The van der Waals surface area contributed by atoms with E-state index in [1.807, 2.05) is 24.3 Å². The molecule has 170 valence electrons. The van der Waals surface area contributed by atoms with Crippen LogP contribution in [0.15, 0.2) is 71.9 Å². The van der Waals surface area contributed by atoms with E-state index < -0.39 is 0 Å². The maximum atomic E-state index is 5.96. The number of hydrogen-bond acceptors (Lipinski definition) is 4. The topological polar surface area (TPSA) is 39.9 Å². The summed E-state index contributed by atoms with van der Waals surface area (Å²) in [6, 6.07) is 23.1. The van der Waals surface area contributed by atoms with E-state index in [1.165, 1.54) is 48.4 Å². The van der Waals surface area contributed by atoms with E-state index in [0.29, 0.717) is 12.6 Å². The van der Waals surface area contributed by atoms with Crippen molar-refractivity contribution < 1.29 is 4.74 Å². The Morgan fingerprint density at radius 1 is 0.909 bits per heavy atom. The molecule has 0 atom stereocenters. The summed E-state index contributed by atoms with van der Waals surface area (Å²) in [5, 5.41) is 13.6. The fourth-order valence-electron chi connectivity index (χ4n) is 4.67. The van der Waals surface area contributed by atoms with Crippen molar-refractivity contribution in [3.05, 3.63) is 83.1 Å². The summed E-state index contributed by atoms with van der Waals surface area (Å²) in [7, 11) is 0. The van der Waals surface area contributed by atoms with Crippen LogP contribution >= 0.6 is 23.4 Å². The number of thioether (sulfide) groups is 1. The van der Waals surface area contributed by atoms with E-state index in [4.69, 9.17) is 16.3 Å². The smallest absolute Gasteiger partial charge is 0.191 e. The Kier molecular flexibility index (Phi) is 7.18. The van der Waals surface area contributed by atoms with Gasteiger partial charge in [0, 0.05) is 23.2 Å². The molecular weight excluding hydrogens is 450 g/mol. The first kappa shape index (κ1) is 22.3. The third kappa shape index (κ3) is 5.36. The molecule has 0 amide bonds. The Bertz CT molecular complexity index is 1200. The number of hydrogen-bond donors (Lipinski definition) is 0. The van der Waals surface area contributed by atoms with Gasteiger partial charge in [-0.1, -0.05) is 85.1 Å². The molecule has 1 fully saturated rings. The highest BCUT2D eigenvalue weighted by molar-refractivity contribution is 7.99. The zero-order valence-electron chi connectivity index (χ0n) is 18.6. The van der Waals surface area contributed by atoms with Gasteiger partial charge in [0.2, 0.25) is 0 Å². The summed E-state index contributed by atoms with van der Waals surface area (Å²) < 4.78 is 8.31. The monoisotopic (exact) mass is 477 g/mol. The van der Waals surface area contributed by atoms with Crippen LogP contribution in [0.2, 0.25) is 5.02 Å². The fraction of sp³-hybridized carbons (Fsp3) is 0.333. The summed E-state index contributed by atoms with van der Waals surface area (Å²) >= 11 is 7.70. The van der Waals surface area contributed by atoms with Gasteiger partial charge in [-0.2, -0.15) is 0 Å². The number of halogens is 1. The van der Waals surface area contributed by atoms with E-state index in [-0.39, 0.29) is 0 Å². The van der Waals surface area contributed by atoms with Crippen LogP contribution in [0.4, 0.5) is 0 Å². The zero-order chi connectivity index (χ0) is 22.5. The molecule has 3 aromatic carbocycles. The van der Waals surface area contributed by atoms with Gasteiger partial charge in [0.25, 0.3) is 0 Å². The van der Waals surface area contributed by atoms with E-state index in [0.717, 1.165) is 33.9 Å². The highest BCUT2D eigenvalue weighted by Gasteiger charge is 2.23. The first-order chi connectivity index (χ1) is 16.3. The molecule has 0 spiro atoms. The molecule has 0 N–H and O–H groups in total. The van der Waals surface area contributed by atoms with Crippen molar-refractivity contribution in [2.75, 3.05) is 12.4 Å². The molecule has 4 nitrogen and oxygen atoms in total. The molecule has 33 heavy (non-hydrogen) atoms. The zero-order valence-corrected chi connectivity index (χ0v) is 20.2. The van der Waals surface area contributed by atoms with Crippen LogP contribution < -0.4 is 4.74 Å². The van der Waals surface area contributed by atoms with Gasteiger partial charge < -0.3 is 9.30 Å². The molecule has 1 heterocycles. The highest BCUT2D eigenvalue weighted by atomic mass is 35.5. The molecule has 1 aliphatic carbocycles. The third-order valence-electron chi connectivity index (χ3n) is 6.30. The average Bonchev–Trinajstić information content (AvgIpc) is 3.26. The Labute approximate surface area is 204 Å². The maximum absolute atomic E-state index is 5.96. The first-order valence-corrected chi connectivity index (χ1v) is 13.1. The average molecular weight is 478 g/mol. The molecule has 4 aromatic rings. The third-order valence-corrected chi connectivity index (χ3v) is 7.46. The minimum Gasteiger partial charge on any atom is -0.493 e. The lowest BCUT2D eigenvalue weighted by Gasteiger charge is -2.25. The Morgan fingerprint density at radius 3 is 2.55 bits per heavy atom. The van der Waals surface area contributed by atoms with Crippen molar-refractivity contribution in [1.29, 1.82) is 0 Å². The molecule has 5 rings (SSSR count). The molecular formula is C27H28ClN3OS. The van der Waals surface area contributed by atoms with Crippen molar-refractivity contribution in [2.45, 2.75) is 49.7 Å². The molecule has 0 radical (unpaired) electrons. The van der Waals surface area contributed by atoms with Gasteiger partial charge in [0.15, 0.2) is 5.16 Å². The Morgan fingerprint density at radius 2 is 1.70 bits per heavy atom. The van der Waals surface area contributed by atoms with Gasteiger partial charge in [-0.3, -0.25) is 0 Å². The van der Waals surface area contributed by atoms with Gasteiger partial charge in [-0.05, 0) is 53.4 Å². The van der Waals surface area contributed by atoms with Crippen LogP contribution in [-0.2, 0) is 6.42 Å². The minimum absolute atomic E-state index is 0.485. The number of fused-ring (bicyclic) bond motifs is 1. The van der Waals surface area contributed by atoms with Crippen molar-refractivity contribution in [2.24, 2.45) is 0 Å². The van der Waals surface area contributed by atoms with Crippen LogP contribution in [0.25, 0.3) is 10.8 Å². The normalized spacial score (nSPS) is 14.6. The number of nitrogens with zero attached hydrogens (tertiary/aromatic N) is 3. The van der Waals surface area contributed by atoms with Crippen LogP contribution in [0.5, 0.6) is 5.75 Å². The second-order valence-electron chi connectivity index (χ2n) is 8.53. The fourth-order valence-corrected chi connectivity index (χ4v) is 5.64. The first-order valence-electron chi connectivity index (χ1n) is 11.7. The number of aromatic nitrogens is 3. The molecule has 0 saturated heterocycles. The van der Waals surface area contributed by atoms with E-state index in [9.17, 15) is 0 Å². The number of ether oxygens (including phenoxy) is 1. The summed E-state index contributed by atoms with van der Waals surface area (Å²) in [6.07, 6.45) is 7.09. The number of benzene rings is 3. The van der Waals surface area contributed by atoms with E-state index in [1.54, 1.807) is 11.8 Å². The molecule has 0 unspecified atom stereocenters. The Balaban J connectivity index is 1.34. The van der Waals surface area contributed by atoms with E-state index >= 15 is 0 Å². The van der Waals surface area contributed by atoms with Crippen LogP contribution in [0.3, 0.4) is 0 Å². The second-order valence-corrected chi connectivity index (χ2v) is 10.0. The predicted octanol–water partition coefficient (Wildman–Crippen LogP) is 7.35. The van der Waals surface area contributed by atoms with Crippen molar-refractivity contribution >= 4 is 34.1 Å². The summed E-state index contributed by atoms with van der Waals surface area (Å²) in [5.41, 5.74) is 1.31. The predicted molar refractivity (Wildman–Crippen MR) is 137 cm³/mol. The van der Waals surface area contributed by atoms with Gasteiger partial charge >= 0.3 is 0 Å². The van der Waals surface area contributed by atoms with Gasteiger partial charge in [0.1, 0.15) is 11.6 Å². The standard InChI is InChI=1S/C27H28ClN3OS/c28-22-13-15-24(16-14-22)32-17-18-33-27-30-29-26(31(27)23-10-2-1-3-11-23)19-21-9-6-8-20-7-4-5-12-25(20)21/h4-9,12-16,23H,1-3,10-11,17-19H2. The van der Waals surface area contributed by atoms with Gasteiger partial charge in [-0.25, -0.2) is 0 Å². The van der Waals surface area contributed by atoms with Crippen molar-refractivity contribution in [3.8, 4) is 5.75 Å². The van der Waals surface area contributed by atoms with Gasteiger partial charge in [0.05, 0.1) is 6.61 Å². The molecule has 6 heteroatoms. The molecule has 0 aliphatic heterocycles.